The van der Waals surface area contributed by atoms with Gasteiger partial charge in [0, 0.05) is 45.0 Å². The maximum Gasteiger partial charge on any atom is 0.223 e. The van der Waals surface area contributed by atoms with Crippen LogP contribution in [-0.2, 0) is 11.2 Å². The first-order chi connectivity index (χ1) is 14.8. The fraction of sp³-hybridized carbons (Fsp3) is 0.273. The van der Waals surface area contributed by atoms with Crippen molar-refractivity contribution < 1.29 is 4.79 Å². The number of aromatic nitrogens is 4. The summed E-state index contributed by atoms with van der Waals surface area (Å²) < 4.78 is 1.85. The van der Waals surface area contributed by atoms with Crippen LogP contribution in [0.5, 0.6) is 0 Å². The van der Waals surface area contributed by atoms with Crippen LogP contribution < -0.4 is 4.90 Å². The van der Waals surface area contributed by atoms with E-state index in [1.165, 1.54) is 0 Å². The molecule has 1 aliphatic heterocycles. The van der Waals surface area contributed by atoms with Crippen LogP contribution >= 0.6 is 11.3 Å². The average Bonchev–Trinajstić information content (AvgIpc) is 3.45. The molecule has 0 unspecified atom stereocenters. The number of para-hydroxylation sites is 1. The summed E-state index contributed by atoms with van der Waals surface area (Å²) in [7, 11) is 0. The van der Waals surface area contributed by atoms with Gasteiger partial charge in [0.15, 0.2) is 5.13 Å². The topological polar surface area (TPSA) is 67.2 Å². The van der Waals surface area contributed by atoms with E-state index in [0.717, 1.165) is 52.9 Å². The molecule has 1 amide bonds. The van der Waals surface area contributed by atoms with Crippen LogP contribution in [0.25, 0.3) is 16.0 Å². The van der Waals surface area contributed by atoms with E-state index < -0.39 is 0 Å². The van der Waals surface area contributed by atoms with Crippen molar-refractivity contribution in [2.24, 2.45) is 0 Å². The molecule has 152 valence electrons. The van der Waals surface area contributed by atoms with Crippen LogP contribution in [0.3, 0.4) is 0 Å². The molecule has 1 fully saturated rings. The number of benzene rings is 1. The first-order valence-electron chi connectivity index (χ1n) is 10.1. The first kappa shape index (κ1) is 18.7. The Hall–Kier alpha value is -3.26. The molecule has 1 aromatic carbocycles. The molecule has 4 heterocycles. The fourth-order valence-electron chi connectivity index (χ4n) is 3.66. The van der Waals surface area contributed by atoms with E-state index in [0.29, 0.717) is 12.8 Å². The van der Waals surface area contributed by atoms with E-state index >= 15 is 0 Å². The van der Waals surface area contributed by atoms with Gasteiger partial charge in [-0.25, -0.2) is 14.6 Å². The Labute approximate surface area is 178 Å². The lowest BCUT2D eigenvalue weighted by molar-refractivity contribution is -0.131. The van der Waals surface area contributed by atoms with E-state index in [1.54, 1.807) is 17.5 Å². The molecule has 30 heavy (non-hydrogen) atoms. The fourth-order valence-corrected chi connectivity index (χ4v) is 4.62. The normalized spacial score (nSPS) is 14.4. The zero-order valence-corrected chi connectivity index (χ0v) is 17.3. The SMILES string of the molecule is O=C(CCc1cnn(-c2ccccc2)c1)N1CCN(c2nc3cccnc3s2)CC1. The van der Waals surface area contributed by atoms with Gasteiger partial charge in [-0.15, -0.1) is 0 Å². The molecule has 1 saturated heterocycles. The number of carbonyl (C=O) groups excluding carboxylic acids is 1. The highest BCUT2D eigenvalue weighted by molar-refractivity contribution is 7.21. The van der Waals surface area contributed by atoms with Crippen LogP contribution in [0, 0.1) is 0 Å². The van der Waals surface area contributed by atoms with Gasteiger partial charge >= 0.3 is 0 Å². The summed E-state index contributed by atoms with van der Waals surface area (Å²) in [4.78, 5) is 26.9. The molecule has 3 aromatic heterocycles. The van der Waals surface area contributed by atoms with Gasteiger partial charge in [0.1, 0.15) is 10.3 Å². The van der Waals surface area contributed by atoms with E-state index in [1.807, 2.05) is 64.4 Å². The monoisotopic (exact) mass is 418 g/mol. The summed E-state index contributed by atoms with van der Waals surface area (Å²) in [6, 6.07) is 13.9. The number of amides is 1. The number of aryl methyl sites for hydroxylation is 1. The molecule has 4 aromatic rings. The summed E-state index contributed by atoms with van der Waals surface area (Å²) in [5.41, 5.74) is 3.04. The van der Waals surface area contributed by atoms with Crippen molar-refractivity contribution >= 4 is 32.7 Å². The molecule has 0 N–H and O–H groups in total. The number of anilines is 1. The molecule has 0 bridgehead atoms. The lowest BCUT2D eigenvalue weighted by Crippen LogP contribution is -2.48. The Morgan fingerprint density at radius 2 is 1.87 bits per heavy atom. The number of carbonyl (C=O) groups is 1. The Morgan fingerprint density at radius 3 is 2.67 bits per heavy atom. The average molecular weight is 419 g/mol. The lowest BCUT2D eigenvalue weighted by atomic mass is 10.1. The Kier molecular flexibility index (Phi) is 5.15. The number of fused-ring (bicyclic) bond motifs is 1. The van der Waals surface area contributed by atoms with Crippen molar-refractivity contribution in [3.05, 3.63) is 66.6 Å². The van der Waals surface area contributed by atoms with Crippen molar-refractivity contribution in [2.45, 2.75) is 12.8 Å². The second kappa shape index (κ2) is 8.23. The summed E-state index contributed by atoms with van der Waals surface area (Å²) in [6.45, 7) is 3.06. The molecule has 0 aliphatic carbocycles. The van der Waals surface area contributed by atoms with E-state index in [4.69, 9.17) is 0 Å². The Bertz CT molecular complexity index is 1110. The quantitative estimate of drug-likeness (QED) is 0.498. The minimum absolute atomic E-state index is 0.202. The van der Waals surface area contributed by atoms with Crippen LogP contribution in [0.2, 0.25) is 0 Å². The second-order valence-corrected chi connectivity index (χ2v) is 8.28. The van der Waals surface area contributed by atoms with Gasteiger partial charge in [0.2, 0.25) is 5.91 Å². The van der Waals surface area contributed by atoms with Gasteiger partial charge in [0.05, 0.1) is 11.9 Å². The standard InChI is InChI=1S/C22H22N6OS/c29-20(9-8-17-15-24-28(16-17)18-5-2-1-3-6-18)26-11-13-27(14-12-26)22-25-19-7-4-10-23-21(19)30-22/h1-7,10,15-16H,8-9,11-14H2. The van der Waals surface area contributed by atoms with E-state index in [2.05, 4.69) is 20.0 Å². The summed E-state index contributed by atoms with van der Waals surface area (Å²) >= 11 is 1.61. The smallest absolute Gasteiger partial charge is 0.223 e. The Balaban J connectivity index is 1.14. The van der Waals surface area contributed by atoms with Crippen LogP contribution in [0.4, 0.5) is 5.13 Å². The van der Waals surface area contributed by atoms with Crippen molar-refractivity contribution in [3.63, 3.8) is 0 Å². The zero-order chi connectivity index (χ0) is 20.3. The number of pyridine rings is 1. The van der Waals surface area contributed by atoms with E-state index in [9.17, 15) is 4.79 Å². The molecule has 8 heteroatoms. The van der Waals surface area contributed by atoms with Gasteiger partial charge in [-0.3, -0.25) is 4.79 Å². The third kappa shape index (κ3) is 3.91. The van der Waals surface area contributed by atoms with Crippen LogP contribution in [0.1, 0.15) is 12.0 Å². The van der Waals surface area contributed by atoms with Gasteiger partial charge < -0.3 is 9.80 Å². The molecule has 7 nitrogen and oxygen atoms in total. The predicted octanol–water partition coefficient (Wildman–Crippen LogP) is 3.16. The summed E-state index contributed by atoms with van der Waals surface area (Å²) in [5, 5.41) is 5.40. The van der Waals surface area contributed by atoms with Gasteiger partial charge in [-0.1, -0.05) is 29.5 Å². The molecule has 0 saturated carbocycles. The molecule has 5 rings (SSSR count). The molecule has 0 spiro atoms. The molecular formula is C22H22N6OS. The minimum atomic E-state index is 0.202. The van der Waals surface area contributed by atoms with Gasteiger partial charge in [-0.2, -0.15) is 5.10 Å². The molecule has 0 atom stereocenters. The number of piperazine rings is 1. The van der Waals surface area contributed by atoms with Crippen molar-refractivity contribution in [2.75, 3.05) is 31.1 Å². The number of nitrogens with zero attached hydrogens (tertiary/aromatic N) is 6. The largest absolute Gasteiger partial charge is 0.344 e. The lowest BCUT2D eigenvalue weighted by Gasteiger charge is -2.34. The van der Waals surface area contributed by atoms with Crippen LogP contribution in [0.15, 0.2) is 61.1 Å². The maximum absolute atomic E-state index is 12.7. The third-order valence-electron chi connectivity index (χ3n) is 5.34. The number of hydrogen-bond acceptors (Lipinski definition) is 6. The van der Waals surface area contributed by atoms with Crippen molar-refractivity contribution in [1.82, 2.24) is 24.6 Å². The summed E-state index contributed by atoms with van der Waals surface area (Å²) in [5.74, 6) is 0.202. The summed E-state index contributed by atoms with van der Waals surface area (Å²) in [6.07, 6.45) is 6.85. The minimum Gasteiger partial charge on any atom is -0.344 e. The van der Waals surface area contributed by atoms with Crippen molar-refractivity contribution in [3.8, 4) is 5.69 Å². The second-order valence-electron chi connectivity index (χ2n) is 7.32. The van der Waals surface area contributed by atoms with E-state index in [-0.39, 0.29) is 5.91 Å². The molecule has 1 aliphatic rings. The number of hydrogen-bond donors (Lipinski definition) is 0. The highest BCUT2D eigenvalue weighted by Gasteiger charge is 2.23. The first-order valence-corrected chi connectivity index (χ1v) is 10.9. The molecule has 0 radical (unpaired) electrons. The number of thiazole rings is 1. The number of rotatable bonds is 5. The van der Waals surface area contributed by atoms with Gasteiger partial charge in [0.25, 0.3) is 0 Å². The van der Waals surface area contributed by atoms with Crippen molar-refractivity contribution in [1.29, 1.82) is 0 Å². The zero-order valence-electron chi connectivity index (χ0n) is 16.5. The Morgan fingerprint density at radius 1 is 1.03 bits per heavy atom. The molecular weight excluding hydrogens is 396 g/mol. The predicted molar refractivity (Wildman–Crippen MR) is 118 cm³/mol. The van der Waals surface area contributed by atoms with Gasteiger partial charge in [-0.05, 0) is 36.2 Å². The van der Waals surface area contributed by atoms with Crippen LogP contribution in [-0.4, -0.2) is 56.7 Å². The highest BCUT2D eigenvalue weighted by atomic mass is 32.1. The highest BCUT2D eigenvalue weighted by Crippen LogP contribution is 2.27. The third-order valence-corrected chi connectivity index (χ3v) is 6.38. The maximum atomic E-state index is 12.7.